The van der Waals surface area contributed by atoms with Crippen LogP contribution in [-0.4, -0.2) is 22.3 Å². The van der Waals surface area contributed by atoms with Gasteiger partial charge in [0.25, 0.3) is 0 Å². The summed E-state index contributed by atoms with van der Waals surface area (Å²) in [5.41, 5.74) is -0.135. The van der Waals surface area contributed by atoms with Gasteiger partial charge in [-0.25, -0.2) is 4.79 Å². The van der Waals surface area contributed by atoms with Crippen molar-refractivity contribution >= 4 is 5.97 Å². The first-order valence-electron chi connectivity index (χ1n) is 4.43. The Morgan fingerprint density at radius 2 is 1.83 bits per heavy atom. The molecule has 68 valence electrons. The molecule has 2 rings (SSSR count). The molecule has 0 amide bonds. The number of carbonyl (C=O) groups is 1. The van der Waals surface area contributed by atoms with Crippen LogP contribution in [0, 0.1) is 10.8 Å². The van der Waals surface area contributed by atoms with Crippen molar-refractivity contribution in [1.29, 1.82) is 0 Å². The van der Waals surface area contributed by atoms with Crippen LogP contribution in [0.5, 0.6) is 0 Å². The van der Waals surface area contributed by atoms with Crippen molar-refractivity contribution in [2.24, 2.45) is 10.8 Å². The summed E-state index contributed by atoms with van der Waals surface area (Å²) in [6.07, 6.45) is 2.80. The number of carboxylic acid groups (broad SMARTS) is 1. The molecule has 2 aliphatic carbocycles. The highest BCUT2D eigenvalue weighted by Gasteiger charge is 2.67. The van der Waals surface area contributed by atoms with Crippen molar-refractivity contribution < 1.29 is 15.0 Å². The SMILES string of the molecule is CC1(C2(C(O)C(=O)O)CC2)CC1. The minimum absolute atomic E-state index is 0.130. The molecule has 2 aliphatic rings. The van der Waals surface area contributed by atoms with Gasteiger partial charge in [0.2, 0.25) is 0 Å². The standard InChI is InChI=1S/C9H14O3/c1-8(2-3-8)9(4-5-9)6(10)7(11)12/h6,10H,2-5H2,1H3,(H,11,12). The summed E-state index contributed by atoms with van der Waals surface area (Å²) in [5.74, 6) is -1.05. The van der Waals surface area contributed by atoms with Crippen LogP contribution in [0.1, 0.15) is 32.6 Å². The second-order valence-electron chi connectivity index (χ2n) is 4.46. The second kappa shape index (κ2) is 2.02. The highest BCUT2D eigenvalue weighted by Crippen LogP contribution is 2.71. The zero-order valence-corrected chi connectivity index (χ0v) is 7.21. The number of aliphatic carboxylic acids is 1. The fourth-order valence-electron chi connectivity index (χ4n) is 2.26. The summed E-state index contributed by atoms with van der Waals surface area (Å²) in [6.45, 7) is 2.09. The van der Waals surface area contributed by atoms with Crippen LogP contribution in [-0.2, 0) is 4.79 Å². The highest BCUT2D eigenvalue weighted by atomic mass is 16.4. The van der Waals surface area contributed by atoms with Gasteiger partial charge in [-0.15, -0.1) is 0 Å². The molecule has 1 unspecified atom stereocenters. The van der Waals surface area contributed by atoms with Gasteiger partial charge in [0.05, 0.1) is 0 Å². The Morgan fingerprint density at radius 1 is 1.33 bits per heavy atom. The summed E-state index contributed by atoms with van der Waals surface area (Å²) in [5, 5.41) is 18.2. The topological polar surface area (TPSA) is 57.5 Å². The van der Waals surface area contributed by atoms with Crippen molar-refractivity contribution in [3.63, 3.8) is 0 Å². The van der Waals surface area contributed by atoms with Crippen LogP contribution in [0.25, 0.3) is 0 Å². The van der Waals surface area contributed by atoms with Crippen molar-refractivity contribution in [2.75, 3.05) is 0 Å². The second-order valence-corrected chi connectivity index (χ2v) is 4.46. The lowest BCUT2D eigenvalue weighted by Gasteiger charge is -2.25. The maximum Gasteiger partial charge on any atom is 0.333 e. The number of hydrogen-bond acceptors (Lipinski definition) is 2. The van der Waals surface area contributed by atoms with E-state index >= 15 is 0 Å². The summed E-state index contributed by atoms with van der Waals surface area (Å²) >= 11 is 0. The van der Waals surface area contributed by atoms with E-state index < -0.39 is 12.1 Å². The zero-order valence-electron chi connectivity index (χ0n) is 7.21. The van der Waals surface area contributed by atoms with Crippen LogP contribution in [0.4, 0.5) is 0 Å². The van der Waals surface area contributed by atoms with Crippen molar-refractivity contribution in [3.05, 3.63) is 0 Å². The third kappa shape index (κ3) is 0.829. The molecular weight excluding hydrogens is 156 g/mol. The van der Waals surface area contributed by atoms with Crippen molar-refractivity contribution in [2.45, 2.75) is 38.7 Å². The molecule has 0 aromatic rings. The van der Waals surface area contributed by atoms with Gasteiger partial charge >= 0.3 is 5.97 Å². The number of rotatable bonds is 3. The lowest BCUT2D eigenvalue weighted by Crippen LogP contribution is -2.36. The molecule has 2 fully saturated rings. The Labute approximate surface area is 71.4 Å². The van der Waals surface area contributed by atoms with Gasteiger partial charge in [0.15, 0.2) is 6.10 Å². The van der Waals surface area contributed by atoms with Crippen LogP contribution in [0.3, 0.4) is 0 Å². The fraction of sp³-hybridized carbons (Fsp3) is 0.889. The Hall–Kier alpha value is -0.570. The normalized spacial score (nSPS) is 30.8. The van der Waals surface area contributed by atoms with Gasteiger partial charge in [-0.1, -0.05) is 6.92 Å². The zero-order chi connectivity index (χ0) is 8.98. The average molecular weight is 170 g/mol. The summed E-state index contributed by atoms with van der Waals surface area (Å²) < 4.78 is 0. The molecule has 0 saturated heterocycles. The van der Waals surface area contributed by atoms with E-state index in [1.54, 1.807) is 0 Å². The first-order chi connectivity index (χ1) is 5.52. The molecular formula is C9H14O3. The smallest absolute Gasteiger partial charge is 0.333 e. The van der Waals surface area contributed by atoms with Gasteiger partial charge in [-0.3, -0.25) is 0 Å². The predicted octanol–water partition coefficient (Wildman–Crippen LogP) is 1.01. The largest absolute Gasteiger partial charge is 0.479 e. The summed E-state index contributed by atoms with van der Waals surface area (Å²) in [4.78, 5) is 10.6. The highest BCUT2D eigenvalue weighted by molar-refractivity contribution is 5.74. The molecule has 2 N–H and O–H groups in total. The van der Waals surface area contributed by atoms with E-state index in [0.29, 0.717) is 0 Å². The van der Waals surface area contributed by atoms with E-state index in [0.717, 1.165) is 25.7 Å². The Morgan fingerprint density at radius 3 is 2.08 bits per heavy atom. The van der Waals surface area contributed by atoms with Crippen LogP contribution >= 0.6 is 0 Å². The van der Waals surface area contributed by atoms with E-state index in [1.807, 2.05) is 0 Å². The number of hydrogen-bond donors (Lipinski definition) is 2. The van der Waals surface area contributed by atoms with E-state index in [2.05, 4.69) is 6.92 Å². The molecule has 0 aromatic carbocycles. The van der Waals surface area contributed by atoms with Crippen molar-refractivity contribution in [3.8, 4) is 0 Å². The molecule has 0 radical (unpaired) electrons. The third-order valence-electron chi connectivity index (χ3n) is 3.75. The monoisotopic (exact) mass is 170 g/mol. The minimum atomic E-state index is -1.13. The van der Waals surface area contributed by atoms with Crippen molar-refractivity contribution in [1.82, 2.24) is 0 Å². The number of carboxylic acids is 1. The predicted molar refractivity (Wildman–Crippen MR) is 42.7 cm³/mol. The molecule has 0 heterocycles. The fourth-order valence-corrected chi connectivity index (χ4v) is 2.26. The lowest BCUT2D eigenvalue weighted by atomic mass is 9.82. The molecule has 3 heteroatoms. The third-order valence-corrected chi connectivity index (χ3v) is 3.75. The van der Waals surface area contributed by atoms with Crippen LogP contribution < -0.4 is 0 Å². The maximum absolute atomic E-state index is 10.6. The van der Waals surface area contributed by atoms with E-state index in [4.69, 9.17) is 5.11 Å². The Balaban J connectivity index is 2.16. The molecule has 0 aromatic heterocycles. The molecule has 0 spiro atoms. The molecule has 1 atom stereocenters. The first kappa shape index (κ1) is 8.05. The van der Waals surface area contributed by atoms with Gasteiger partial charge in [-0.2, -0.15) is 0 Å². The van der Waals surface area contributed by atoms with E-state index in [-0.39, 0.29) is 10.8 Å². The maximum atomic E-state index is 10.6. The quantitative estimate of drug-likeness (QED) is 0.664. The summed E-state index contributed by atoms with van der Waals surface area (Å²) in [7, 11) is 0. The summed E-state index contributed by atoms with van der Waals surface area (Å²) in [6, 6.07) is 0. The Kier molecular flexibility index (Phi) is 1.35. The lowest BCUT2D eigenvalue weighted by molar-refractivity contribution is -0.152. The molecule has 0 aliphatic heterocycles. The van der Waals surface area contributed by atoms with Gasteiger partial charge in [0, 0.05) is 5.41 Å². The molecule has 3 nitrogen and oxygen atoms in total. The van der Waals surface area contributed by atoms with E-state index in [1.165, 1.54) is 0 Å². The molecule has 2 saturated carbocycles. The van der Waals surface area contributed by atoms with Gasteiger partial charge in [0.1, 0.15) is 0 Å². The molecule has 12 heavy (non-hydrogen) atoms. The Bertz CT molecular complexity index is 226. The number of aliphatic hydroxyl groups excluding tert-OH is 1. The van der Waals surface area contributed by atoms with Gasteiger partial charge in [-0.05, 0) is 31.1 Å². The average Bonchev–Trinajstić information content (AvgIpc) is 2.80. The minimum Gasteiger partial charge on any atom is -0.479 e. The molecule has 0 bridgehead atoms. The van der Waals surface area contributed by atoms with Crippen LogP contribution in [0.15, 0.2) is 0 Å². The van der Waals surface area contributed by atoms with Gasteiger partial charge < -0.3 is 10.2 Å². The van der Waals surface area contributed by atoms with Crippen LogP contribution in [0.2, 0.25) is 0 Å². The first-order valence-corrected chi connectivity index (χ1v) is 4.43. The van der Waals surface area contributed by atoms with E-state index in [9.17, 15) is 9.90 Å². The number of aliphatic hydroxyl groups is 1.